The van der Waals surface area contributed by atoms with E-state index in [1.165, 1.54) is 21.9 Å². The lowest BCUT2D eigenvalue weighted by Gasteiger charge is -2.35. The Morgan fingerprint density at radius 3 is 2.48 bits per heavy atom. The normalized spacial score (nSPS) is 17.2. The quantitative estimate of drug-likeness (QED) is 0.805. The molecule has 3 heteroatoms. The second kappa shape index (κ2) is 6.49. The fraction of sp³-hybridized carbons (Fsp3) is 0.250. The number of nitrogens with one attached hydrogen (secondary N) is 1. The number of pyridine rings is 1. The van der Waals surface area contributed by atoms with Crippen LogP contribution in [0.4, 0.5) is 0 Å². The topological polar surface area (TPSA) is 28.2 Å². The van der Waals surface area contributed by atoms with E-state index in [4.69, 9.17) is 0 Å². The van der Waals surface area contributed by atoms with Gasteiger partial charge in [-0.1, -0.05) is 42.5 Å². The third kappa shape index (κ3) is 2.98. The molecule has 116 valence electrons. The van der Waals surface area contributed by atoms with E-state index in [0.29, 0.717) is 0 Å². The standard InChI is InChI=1S/C20H21N3/c1-2-5-17-14-18(8-7-16(17)4-1)20(19-6-3-9-22-15-19)23-12-10-21-11-13-23/h1-9,14-15,20-21H,10-13H2. The number of rotatable bonds is 3. The molecule has 2 aromatic carbocycles. The van der Waals surface area contributed by atoms with Crippen LogP contribution in [0.1, 0.15) is 17.2 Å². The Balaban J connectivity index is 1.79. The Morgan fingerprint density at radius 2 is 1.70 bits per heavy atom. The fourth-order valence-electron chi connectivity index (χ4n) is 3.47. The lowest BCUT2D eigenvalue weighted by Crippen LogP contribution is -2.45. The van der Waals surface area contributed by atoms with Gasteiger partial charge in [-0.05, 0) is 34.0 Å². The highest BCUT2D eigenvalue weighted by Crippen LogP contribution is 2.30. The van der Waals surface area contributed by atoms with Gasteiger partial charge >= 0.3 is 0 Å². The molecule has 2 heterocycles. The minimum atomic E-state index is 0.274. The van der Waals surface area contributed by atoms with Gasteiger partial charge in [-0.25, -0.2) is 0 Å². The van der Waals surface area contributed by atoms with Crippen molar-refractivity contribution in [3.05, 3.63) is 78.1 Å². The summed E-state index contributed by atoms with van der Waals surface area (Å²) in [6, 6.07) is 19.9. The van der Waals surface area contributed by atoms with Crippen molar-refractivity contribution >= 4 is 10.8 Å². The molecule has 0 saturated carbocycles. The molecule has 0 aliphatic carbocycles. The second-order valence-electron chi connectivity index (χ2n) is 6.08. The highest BCUT2D eigenvalue weighted by Gasteiger charge is 2.24. The number of nitrogens with zero attached hydrogens (tertiary/aromatic N) is 2. The molecule has 0 amide bonds. The molecule has 1 unspecified atom stereocenters. The zero-order valence-corrected chi connectivity index (χ0v) is 13.2. The molecule has 4 rings (SSSR count). The van der Waals surface area contributed by atoms with Gasteiger partial charge in [0.15, 0.2) is 0 Å². The number of aromatic nitrogens is 1. The summed E-state index contributed by atoms with van der Waals surface area (Å²) >= 11 is 0. The Kier molecular flexibility index (Phi) is 4.05. The smallest absolute Gasteiger partial charge is 0.0618 e. The van der Waals surface area contributed by atoms with E-state index in [1.807, 2.05) is 18.5 Å². The maximum atomic E-state index is 4.35. The summed E-state index contributed by atoms with van der Waals surface area (Å²) in [5.74, 6) is 0. The Hall–Kier alpha value is -2.23. The van der Waals surface area contributed by atoms with Gasteiger partial charge < -0.3 is 5.32 Å². The van der Waals surface area contributed by atoms with E-state index >= 15 is 0 Å². The van der Waals surface area contributed by atoms with Crippen molar-refractivity contribution < 1.29 is 0 Å². The number of hydrogen-bond acceptors (Lipinski definition) is 3. The van der Waals surface area contributed by atoms with Crippen molar-refractivity contribution in [2.24, 2.45) is 0 Å². The Labute approximate surface area is 137 Å². The molecular weight excluding hydrogens is 282 g/mol. The van der Waals surface area contributed by atoms with Gasteiger partial charge in [-0.2, -0.15) is 0 Å². The zero-order chi connectivity index (χ0) is 15.5. The SMILES string of the molecule is c1cncc(C(c2ccc3ccccc3c2)N2CCNCC2)c1. The average molecular weight is 303 g/mol. The molecule has 0 spiro atoms. The molecule has 1 aromatic heterocycles. The fourth-order valence-corrected chi connectivity index (χ4v) is 3.47. The Morgan fingerprint density at radius 1 is 0.870 bits per heavy atom. The van der Waals surface area contributed by atoms with Gasteiger partial charge in [0.2, 0.25) is 0 Å². The van der Waals surface area contributed by atoms with Crippen LogP contribution in [0.15, 0.2) is 67.0 Å². The number of piperazine rings is 1. The largest absolute Gasteiger partial charge is 0.314 e. The van der Waals surface area contributed by atoms with E-state index < -0.39 is 0 Å². The van der Waals surface area contributed by atoms with Gasteiger partial charge in [-0.15, -0.1) is 0 Å². The average Bonchev–Trinajstić information content (AvgIpc) is 2.64. The summed E-state index contributed by atoms with van der Waals surface area (Å²) in [6.45, 7) is 4.22. The van der Waals surface area contributed by atoms with Crippen LogP contribution in [0.3, 0.4) is 0 Å². The molecule has 1 saturated heterocycles. The van der Waals surface area contributed by atoms with Crippen molar-refractivity contribution in [3.8, 4) is 0 Å². The van der Waals surface area contributed by atoms with Crippen molar-refractivity contribution in [2.45, 2.75) is 6.04 Å². The van der Waals surface area contributed by atoms with E-state index in [1.54, 1.807) is 0 Å². The second-order valence-corrected chi connectivity index (χ2v) is 6.08. The maximum absolute atomic E-state index is 4.35. The summed E-state index contributed by atoms with van der Waals surface area (Å²) in [4.78, 5) is 6.90. The molecule has 1 aliphatic rings. The number of hydrogen-bond donors (Lipinski definition) is 1. The lowest BCUT2D eigenvalue weighted by atomic mass is 9.95. The summed E-state index contributed by atoms with van der Waals surface area (Å²) < 4.78 is 0. The van der Waals surface area contributed by atoms with Crippen molar-refractivity contribution in [1.29, 1.82) is 0 Å². The van der Waals surface area contributed by atoms with Crippen molar-refractivity contribution in [1.82, 2.24) is 15.2 Å². The van der Waals surface area contributed by atoms with Crippen molar-refractivity contribution in [3.63, 3.8) is 0 Å². The van der Waals surface area contributed by atoms with Crippen LogP contribution in [0.25, 0.3) is 10.8 Å². The minimum absolute atomic E-state index is 0.274. The molecule has 0 bridgehead atoms. The van der Waals surface area contributed by atoms with Crippen LogP contribution in [0.5, 0.6) is 0 Å². The third-order valence-corrected chi connectivity index (χ3v) is 4.61. The number of fused-ring (bicyclic) bond motifs is 1. The zero-order valence-electron chi connectivity index (χ0n) is 13.2. The molecule has 0 radical (unpaired) electrons. The van der Waals surface area contributed by atoms with Crippen LogP contribution >= 0.6 is 0 Å². The molecule has 1 fully saturated rings. The third-order valence-electron chi connectivity index (χ3n) is 4.61. The molecule has 1 aliphatic heterocycles. The predicted octanol–water partition coefficient (Wildman–Crippen LogP) is 3.23. The van der Waals surface area contributed by atoms with Crippen LogP contribution in [-0.4, -0.2) is 36.1 Å². The molecule has 1 atom stereocenters. The first-order chi connectivity index (χ1) is 11.4. The van der Waals surface area contributed by atoms with Gasteiger partial charge in [-0.3, -0.25) is 9.88 Å². The van der Waals surface area contributed by atoms with Gasteiger partial charge in [0.25, 0.3) is 0 Å². The highest BCUT2D eigenvalue weighted by molar-refractivity contribution is 5.83. The molecule has 1 N–H and O–H groups in total. The van der Waals surface area contributed by atoms with E-state index in [0.717, 1.165) is 26.2 Å². The van der Waals surface area contributed by atoms with Crippen LogP contribution in [0.2, 0.25) is 0 Å². The van der Waals surface area contributed by atoms with Gasteiger partial charge in [0.05, 0.1) is 6.04 Å². The lowest BCUT2D eigenvalue weighted by molar-refractivity contribution is 0.198. The summed E-state index contributed by atoms with van der Waals surface area (Å²) in [7, 11) is 0. The first-order valence-corrected chi connectivity index (χ1v) is 8.25. The van der Waals surface area contributed by atoms with E-state index in [9.17, 15) is 0 Å². The summed E-state index contributed by atoms with van der Waals surface area (Å²) in [5, 5.41) is 6.04. The number of benzene rings is 2. The molecule has 3 nitrogen and oxygen atoms in total. The molecule has 3 aromatic rings. The first kappa shape index (κ1) is 14.4. The van der Waals surface area contributed by atoms with E-state index in [-0.39, 0.29) is 6.04 Å². The van der Waals surface area contributed by atoms with Crippen LogP contribution in [0, 0.1) is 0 Å². The Bertz CT molecular complexity index is 779. The molecule has 23 heavy (non-hydrogen) atoms. The van der Waals surface area contributed by atoms with E-state index in [2.05, 4.69) is 63.7 Å². The maximum Gasteiger partial charge on any atom is 0.0618 e. The highest BCUT2D eigenvalue weighted by atomic mass is 15.2. The van der Waals surface area contributed by atoms with Gasteiger partial charge in [0.1, 0.15) is 0 Å². The van der Waals surface area contributed by atoms with Crippen molar-refractivity contribution in [2.75, 3.05) is 26.2 Å². The van der Waals surface area contributed by atoms with Crippen LogP contribution < -0.4 is 5.32 Å². The first-order valence-electron chi connectivity index (χ1n) is 8.25. The minimum Gasteiger partial charge on any atom is -0.314 e. The van der Waals surface area contributed by atoms with Crippen LogP contribution in [-0.2, 0) is 0 Å². The predicted molar refractivity (Wildman–Crippen MR) is 94.5 cm³/mol. The summed E-state index contributed by atoms with van der Waals surface area (Å²) in [6.07, 6.45) is 3.85. The van der Waals surface area contributed by atoms with Gasteiger partial charge in [0, 0.05) is 38.6 Å². The molecular formula is C20H21N3. The summed E-state index contributed by atoms with van der Waals surface area (Å²) in [5.41, 5.74) is 2.61. The monoisotopic (exact) mass is 303 g/mol.